The molecule has 0 aliphatic rings. The molecule has 0 unspecified atom stereocenters. The highest BCUT2D eigenvalue weighted by atomic mass is 19.4. The Morgan fingerprint density at radius 3 is 2.33 bits per heavy atom. The van der Waals surface area contributed by atoms with Crippen LogP contribution in [0.25, 0.3) is 0 Å². The van der Waals surface area contributed by atoms with Crippen LogP contribution in [-0.4, -0.2) is 11.0 Å². The first kappa shape index (κ1) is 14.9. The molecule has 2 aromatic rings. The van der Waals surface area contributed by atoms with Crippen LogP contribution in [0.3, 0.4) is 0 Å². The molecule has 7 heteroatoms. The van der Waals surface area contributed by atoms with Crippen molar-refractivity contribution >= 4 is 17.2 Å². The number of nitrogens with one attached hydrogen (secondary N) is 1. The molecule has 0 amide bonds. The third-order valence-electron chi connectivity index (χ3n) is 2.70. The first-order chi connectivity index (χ1) is 9.90. The predicted octanol–water partition coefficient (Wildman–Crippen LogP) is 3.34. The van der Waals surface area contributed by atoms with Crippen molar-refractivity contribution in [3.63, 3.8) is 0 Å². The van der Waals surface area contributed by atoms with E-state index in [1.807, 2.05) is 5.48 Å². The van der Waals surface area contributed by atoms with Gasteiger partial charge in [-0.3, -0.25) is 10.7 Å². The van der Waals surface area contributed by atoms with Crippen molar-refractivity contribution < 1.29 is 18.4 Å². The smallest absolute Gasteiger partial charge is 0.399 e. The third-order valence-corrected chi connectivity index (χ3v) is 2.70. The van der Waals surface area contributed by atoms with Crippen LogP contribution in [-0.2, 0) is 6.18 Å². The highest BCUT2D eigenvalue weighted by Crippen LogP contribution is 2.29. The monoisotopic (exact) mass is 295 g/mol. The molecule has 4 nitrogen and oxygen atoms in total. The average molecular weight is 295 g/mol. The quantitative estimate of drug-likeness (QED) is 0.344. The summed E-state index contributed by atoms with van der Waals surface area (Å²) >= 11 is 0. The van der Waals surface area contributed by atoms with E-state index >= 15 is 0 Å². The van der Waals surface area contributed by atoms with Gasteiger partial charge in [-0.25, -0.2) is 4.99 Å². The lowest BCUT2D eigenvalue weighted by Gasteiger charge is -2.10. The Morgan fingerprint density at radius 2 is 1.76 bits per heavy atom. The maximum Gasteiger partial charge on any atom is 0.416 e. The number of aliphatic imine (C=N–C) groups is 1. The topological polar surface area (TPSA) is 70.6 Å². The number of anilines is 1. The molecule has 0 radical (unpaired) electrons. The van der Waals surface area contributed by atoms with Crippen molar-refractivity contribution in [2.45, 2.75) is 6.18 Å². The molecule has 0 aliphatic heterocycles. The Kier molecular flexibility index (Phi) is 4.13. The van der Waals surface area contributed by atoms with E-state index in [1.54, 1.807) is 24.3 Å². The van der Waals surface area contributed by atoms with Gasteiger partial charge in [-0.05, 0) is 36.4 Å². The van der Waals surface area contributed by atoms with Gasteiger partial charge in [0.05, 0.1) is 11.3 Å². The molecule has 4 N–H and O–H groups in total. The number of hydroxylamine groups is 1. The van der Waals surface area contributed by atoms with Gasteiger partial charge in [0.25, 0.3) is 0 Å². The summed E-state index contributed by atoms with van der Waals surface area (Å²) < 4.78 is 38.0. The van der Waals surface area contributed by atoms with E-state index in [0.29, 0.717) is 11.4 Å². The zero-order valence-electron chi connectivity index (χ0n) is 10.7. The fourth-order valence-corrected chi connectivity index (χ4v) is 1.67. The van der Waals surface area contributed by atoms with Gasteiger partial charge >= 0.3 is 6.18 Å². The fourth-order valence-electron chi connectivity index (χ4n) is 1.67. The Morgan fingerprint density at radius 1 is 1.10 bits per heavy atom. The van der Waals surface area contributed by atoms with Crippen molar-refractivity contribution in [3.8, 4) is 0 Å². The second-order valence-corrected chi connectivity index (χ2v) is 4.24. The molecule has 0 heterocycles. The minimum atomic E-state index is -4.46. The zero-order chi connectivity index (χ0) is 15.5. The van der Waals surface area contributed by atoms with Crippen molar-refractivity contribution in [1.29, 1.82) is 0 Å². The summed E-state index contributed by atoms with van der Waals surface area (Å²) in [6.07, 6.45) is -4.46. The van der Waals surface area contributed by atoms with E-state index in [1.165, 1.54) is 12.1 Å². The molecule has 21 heavy (non-hydrogen) atoms. The molecule has 0 saturated carbocycles. The van der Waals surface area contributed by atoms with Crippen LogP contribution >= 0.6 is 0 Å². The fraction of sp³-hybridized carbons (Fsp3) is 0.0714. The number of amidine groups is 1. The summed E-state index contributed by atoms with van der Waals surface area (Å²) in [5, 5.41) is 9.10. The summed E-state index contributed by atoms with van der Waals surface area (Å²) in [7, 11) is 0. The lowest BCUT2D eigenvalue weighted by Crippen LogP contribution is -2.20. The molecule has 0 bridgehead atoms. The van der Waals surface area contributed by atoms with Crippen molar-refractivity contribution in [2.24, 2.45) is 4.99 Å². The molecule has 0 aromatic heterocycles. The summed E-state index contributed by atoms with van der Waals surface area (Å²) in [5.74, 6) is -0.0918. The van der Waals surface area contributed by atoms with Crippen LogP contribution in [0.2, 0.25) is 0 Å². The molecule has 2 rings (SSSR count). The Labute approximate surface area is 118 Å². The highest BCUT2D eigenvalue weighted by Gasteiger charge is 2.30. The normalized spacial score (nSPS) is 12.3. The number of alkyl halides is 3. The number of nitrogen functional groups attached to an aromatic ring is 1. The molecule has 0 atom stereocenters. The van der Waals surface area contributed by atoms with Crippen molar-refractivity contribution in [3.05, 3.63) is 59.7 Å². The predicted molar refractivity (Wildman–Crippen MR) is 73.4 cm³/mol. The molecule has 0 fully saturated rings. The van der Waals surface area contributed by atoms with Gasteiger partial charge in [0.2, 0.25) is 0 Å². The number of rotatable bonds is 2. The van der Waals surface area contributed by atoms with Gasteiger partial charge < -0.3 is 5.73 Å². The van der Waals surface area contributed by atoms with Crippen LogP contribution < -0.4 is 11.2 Å². The highest BCUT2D eigenvalue weighted by molar-refractivity contribution is 5.99. The lowest BCUT2D eigenvalue weighted by atomic mass is 10.1. The number of nitrogens with zero attached hydrogens (tertiary/aromatic N) is 1. The third kappa shape index (κ3) is 3.73. The van der Waals surface area contributed by atoms with E-state index in [-0.39, 0.29) is 11.4 Å². The minimum absolute atomic E-state index is 0.0918. The average Bonchev–Trinajstić information content (AvgIpc) is 2.46. The molecule has 2 aromatic carbocycles. The number of nitrogens with two attached hydrogens (primary N) is 1. The molecular weight excluding hydrogens is 283 g/mol. The van der Waals surface area contributed by atoms with Gasteiger partial charge in [-0.2, -0.15) is 13.2 Å². The van der Waals surface area contributed by atoms with Crippen LogP contribution in [0.1, 0.15) is 11.1 Å². The van der Waals surface area contributed by atoms with E-state index in [4.69, 9.17) is 10.9 Å². The number of halogens is 3. The zero-order valence-corrected chi connectivity index (χ0v) is 10.7. The molecule has 0 aliphatic carbocycles. The summed E-state index contributed by atoms with van der Waals surface area (Å²) in [5.41, 5.74) is 7.61. The molecule has 0 spiro atoms. The number of hydrogen-bond donors (Lipinski definition) is 3. The van der Waals surface area contributed by atoms with E-state index in [9.17, 15) is 13.2 Å². The van der Waals surface area contributed by atoms with Crippen LogP contribution in [0.4, 0.5) is 24.5 Å². The van der Waals surface area contributed by atoms with Crippen LogP contribution in [0.15, 0.2) is 53.5 Å². The first-order valence-electron chi connectivity index (χ1n) is 5.92. The number of benzene rings is 2. The Bertz CT molecular complexity index is 651. The maximum atomic E-state index is 12.7. The second kappa shape index (κ2) is 5.84. The van der Waals surface area contributed by atoms with Gasteiger partial charge in [0.15, 0.2) is 5.84 Å². The van der Waals surface area contributed by atoms with Gasteiger partial charge in [0.1, 0.15) is 0 Å². The van der Waals surface area contributed by atoms with E-state index in [2.05, 4.69) is 4.99 Å². The first-order valence-corrected chi connectivity index (χ1v) is 5.92. The SMILES string of the molecule is Nc1ccc(N=C(NO)c2cccc(C(F)(F)F)c2)cc1. The van der Waals surface area contributed by atoms with E-state index in [0.717, 1.165) is 12.1 Å². The second-order valence-electron chi connectivity index (χ2n) is 4.24. The summed E-state index contributed by atoms with van der Waals surface area (Å²) in [4.78, 5) is 4.04. The van der Waals surface area contributed by atoms with Crippen LogP contribution in [0.5, 0.6) is 0 Å². The van der Waals surface area contributed by atoms with Gasteiger partial charge in [-0.15, -0.1) is 0 Å². The summed E-state index contributed by atoms with van der Waals surface area (Å²) in [6.45, 7) is 0. The maximum absolute atomic E-state index is 12.7. The standard InChI is InChI=1S/C14H12F3N3O/c15-14(16,17)10-3-1-2-9(8-10)13(20-21)19-12-6-4-11(18)5-7-12/h1-8,21H,18H2,(H,19,20). The molecule has 110 valence electrons. The molecular formula is C14H12F3N3O. The lowest BCUT2D eigenvalue weighted by molar-refractivity contribution is -0.137. The van der Waals surface area contributed by atoms with Crippen molar-refractivity contribution in [2.75, 3.05) is 5.73 Å². The van der Waals surface area contributed by atoms with Crippen molar-refractivity contribution in [1.82, 2.24) is 5.48 Å². The van der Waals surface area contributed by atoms with Gasteiger partial charge in [0, 0.05) is 11.3 Å². The van der Waals surface area contributed by atoms with Gasteiger partial charge in [-0.1, -0.05) is 12.1 Å². The van der Waals surface area contributed by atoms with E-state index < -0.39 is 11.7 Å². The minimum Gasteiger partial charge on any atom is -0.399 e. The Balaban J connectivity index is 2.39. The Hall–Kier alpha value is -2.54. The van der Waals surface area contributed by atoms with Crippen LogP contribution in [0, 0.1) is 0 Å². The number of hydrogen-bond acceptors (Lipinski definition) is 3. The molecule has 0 saturated heterocycles. The largest absolute Gasteiger partial charge is 0.416 e. The summed E-state index contributed by atoms with van der Waals surface area (Å²) in [6, 6.07) is 10.9.